The van der Waals surface area contributed by atoms with Crippen molar-refractivity contribution < 1.29 is 0 Å². The van der Waals surface area contributed by atoms with Crippen LogP contribution >= 0.6 is 11.3 Å². The Morgan fingerprint density at radius 1 is 1.53 bits per heavy atom. The zero-order chi connectivity index (χ0) is 13.9. The van der Waals surface area contributed by atoms with Crippen LogP contribution in [0.4, 0.5) is 0 Å². The molecule has 0 radical (unpaired) electrons. The first-order chi connectivity index (χ1) is 9.07. The van der Waals surface area contributed by atoms with Crippen molar-refractivity contribution in [3.8, 4) is 0 Å². The summed E-state index contributed by atoms with van der Waals surface area (Å²) in [5.41, 5.74) is 7.83. The van der Waals surface area contributed by atoms with Crippen molar-refractivity contribution in [2.45, 2.75) is 51.6 Å². The molecule has 0 aliphatic heterocycles. The number of thiophene rings is 1. The second-order valence-electron chi connectivity index (χ2n) is 6.52. The van der Waals surface area contributed by atoms with E-state index in [4.69, 9.17) is 5.73 Å². The molecule has 1 aromatic heterocycles. The predicted octanol–water partition coefficient (Wildman–Crippen LogP) is 3.72. The molecule has 1 aliphatic carbocycles. The van der Waals surface area contributed by atoms with Crippen LogP contribution in [0.1, 0.15) is 45.1 Å². The summed E-state index contributed by atoms with van der Waals surface area (Å²) in [5, 5.41) is 4.42. The lowest BCUT2D eigenvalue weighted by atomic mass is 9.71. The smallest absolute Gasteiger partial charge is 0.0334 e. The molecule has 0 saturated heterocycles. The molecular weight excluding hydrogens is 252 g/mol. The average Bonchev–Trinajstić information content (AvgIpc) is 2.91. The van der Waals surface area contributed by atoms with Crippen molar-refractivity contribution in [2.75, 3.05) is 13.6 Å². The van der Waals surface area contributed by atoms with Gasteiger partial charge in [-0.1, -0.05) is 26.7 Å². The normalized spacial score (nSPS) is 28.2. The van der Waals surface area contributed by atoms with E-state index in [-0.39, 0.29) is 5.54 Å². The van der Waals surface area contributed by atoms with Gasteiger partial charge in [0, 0.05) is 18.6 Å². The van der Waals surface area contributed by atoms with Crippen LogP contribution in [-0.2, 0) is 6.54 Å². The zero-order valence-electron chi connectivity index (χ0n) is 12.6. The molecule has 2 rings (SSSR count). The van der Waals surface area contributed by atoms with Crippen LogP contribution in [0, 0.1) is 11.8 Å². The van der Waals surface area contributed by atoms with Crippen LogP contribution in [-0.4, -0.2) is 24.0 Å². The summed E-state index contributed by atoms with van der Waals surface area (Å²) in [6.45, 7) is 6.54. The highest BCUT2D eigenvalue weighted by molar-refractivity contribution is 7.07. The summed E-state index contributed by atoms with van der Waals surface area (Å²) in [5.74, 6) is 1.61. The highest BCUT2D eigenvalue weighted by Gasteiger charge is 2.39. The van der Waals surface area contributed by atoms with Gasteiger partial charge >= 0.3 is 0 Å². The molecule has 108 valence electrons. The molecule has 2 nitrogen and oxygen atoms in total. The van der Waals surface area contributed by atoms with Gasteiger partial charge in [0.1, 0.15) is 0 Å². The molecule has 0 bridgehead atoms. The number of likely N-dealkylation sites (N-methyl/N-ethyl adjacent to an activating group) is 1. The molecule has 0 aromatic carbocycles. The van der Waals surface area contributed by atoms with Crippen molar-refractivity contribution in [1.29, 1.82) is 0 Å². The maximum atomic E-state index is 6.19. The summed E-state index contributed by atoms with van der Waals surface area (Å²) >= 11 is 1.78. The average molecular weight is 280 g/mol. The van der Waals surface area contributed by atoms with Gasteiger partial charge in [0.05, 0.1) is 0 Å². The summed E-state index contributed by atoms with van der Waals surface area (Å²) in [6, 6.07) is 2.23. The highest BCUT2D eigenvalue weighted by Crippen LogP contribution is 2.39. The molecule has 0 spiro atoms. The summed E-state index contributed by atoms with van der Waals surface area (Å²) in [4.78, 5) is 2.52. The lowest BCUT2D eigenvalue weighted by molar-refractivity contribution is 0.0397. The Morgan fingerprint density at radius 3 is 2.89 bits per heavy atom. The largest absolute Gasteiger partial charge is 0.329 e. The predicted molar refractivity (Wildman–Crippen MR) is 84.4 cm³/mol. The Hall–Kier alpha value is -0.380. The van der Waals surface area contributed by atoms with Crippen molar-refractivity contribution in [1.82, 2.24) is 4.90 Å². The molecule has 3 heteroatoms. The number of nitrogens with two attached hydrogens (primary N) is 1. The Kier molecular flexibility index (Phi) is 5.04. The van der Waals surface area contributed by atoms with Crippen molar-refractivity contribution >= 4 is 11.3 Å². The van der Waals surface area contributed by atoms with E-state index in [1.54, 1.807) is 11.3 Å². The quantitative estimate of drug-likeness (QED) is 0.890. The van der Waals surface area contributed by atoms with Gasteiger partial charge in [0.15, 0.2) is 0 Å². The molecule has 19 heavy (non-hydrogen) atoms. The van der Waals surface area contributed by atoms with Crippen molar-refractivity contribution in [2.24, 2.45) is 17.6 Å². The molecule has 2 atom stereocenters. The van der Waals surface area contributed by atoms with Gasteiger partial charge in [-0.05, 0) is 54.1 Å². The van der Waals surface area contributed by atoms with E-state index in [0.717, 1.165) is 24.9 Å². The standard InChI is InChI=1S/C16H28N2S/c1-13(2)15-5-4-7-16(9-15,12-17)18(3)10-14-6-8-19-11-14/h6,8,11,13,15H,4-5,7,9-10,12,17H2,1-3H3. The van der Waals surface area contributed by atoms with E-state index in [9.17, 15) is 0 Å². The third-order valence-corrected chi connectivity index (χ3v) is 5.72. The molecule has 0 amide bonds. The molecule has 1 fully saturated rings. The molecular formula is C16H28N2S. The lowest BCUT2D eigenvalue weighted by Gasteiger charge is -2.47. The van der Waals surface area contributed by atoms with Crippen molar-refractivity contribution in [3.63, 3.8) is 0 Å². The van der Waals surface area contributed by atoms with E-state index in [1.807, 2.05) is 0 Å². The van der Waals surface area contributed by atoms with Gasteiger partial charge in [-0.2, -0.15) is 11.3 Å². The Morgan fingerprint density at radius 2 is 2.32 bits per heavy atom. The number of hydrogen-bond acceptors (Lipinski definition) is 3. The highest BCUT2D eigenvalue weighted by atomic mass is 32.1. The summed E-state index contributed by atoms with van der Waals surface area (Å²) in [7, 11) is 2.26. The van der Waals surface area contributed by atoms with E-state index in [2.05, 4.69) is 42.6 Å². The molecule has 1 aromatic rings. The monoisotopic (exact) mass is 280 g/mol. The third-order valence-electron chi connectivity index (χ3n) is 4.99. The molecule has 2 N–H and O–H groups in total. The first-order valence-corrected chi connectivity index (χ1v) is 8.44. The number of hydrogen-bond donors (Lipinski definition) is 1. The lowest BCUT2D eigenvalue weighted by Crippen LogP contribution is -2.54. The molecule has 1 saturated carbocycles. The number of nitrogens with zero attached hydrogens (tertiary/aromatic N) is 1. The first-order valence-electron chi connectivity index (χ1n) is 7.50. The van der Waals surface area contributed by atoms with Gasteiger partial charge in [0.2, 0.25) is 0 Å². The van der Waals surface area contributed by atoms with Gasteiger partial charge in [-0.15, -0.1) is 0 Å². The van der Waals surface area contributed by atoms with Gasteiger partial charge < -0.3 is 5.73 Å². The van der Waals surface area contributed by atoms with Crippen LogP contribution < -0.4 is 5.73 Å². The van der Waals surface area contributed by atoms with Gasteiger partial charge in [-0.25, -0.2) is 0 Å². The first kappa shape index (κ1) is 15.0. The van der Waals surface area contributed by atoms with Crippen LogP contribution in [0.3, 0.4) is 0 Å². The Balaban J connectivity index is 2.07. The molecule has 1 aliphatic rings. The second kappa shape index (κ2) is 6.38. The third kappa shape index (κ3) is 3.39. The fourth-order valence-corrected chi connectivity index (χ4v) is 4.13. The van der Waals surface area contributed by atoms with E-state index >= 15 is 0 Å². The minimum Gasteiger partial charge on any atom is -0.329 e. The van der Waals surface area contributed by atoms with Crippen LogP contribution in [0.2, 0.25) is 0 Å². The SMILES string of the molecule is CC(C)C1CCCC(CN)(N(C)Cc2ccsc2)C1. The summed E-state index contributed by atoms with van der Waals surface area (Å²) in [6.07, 6.45) is 5.23. The van der Waals surface area contributed by atoms with E-state index < -0.39 is 0 Å². The van der Waals surface area contributed by atoms with Crippen LogP contribution in [0.25, 0.3) is 0 Å². The van der Waals surface area contributed by atoms with Crippen molar-refractivity contribution in [3.05, 3.63) is 22.4 Å². The topological polar surface area (TPSA) is 29.3 Å². The Labute approximate surface area is 122 Å². The van der Waals surface area contributed by atoms with Crippen LogP contribution in [0.5, 0.6) is 0 Å². The minimum atomic E-state index is 0.217. The number of rotatable bonds is 5. The Bertz CT molecular complexity index is 374. The van der Waals surface area contributed by atoms with Gasteiger partial charge in [-0.3, -0.25) is 4.90 Å². The zero-order valence-corrected chi connectivity index (χ0v) is 13.4. The second-order valence-corrected chi connectivity index (χ2v) is 7.30. The molecule has 1 heterocycles. The minimum absolute atomic E-state index is 0.217. The fourth-order valence-electron chi connectivity index (χ4n) is 3.47. The maximum absolute atomic E-state index is 6.19. The summed E-state index contributed by atoms with van der Waals surface area (Å²) < 4.78 is 0. The van der Waals surface area contributed by atoms with E-state index in [0.29, 0.717) is 0 Å². The van der Waals surface area contributed by atoms with Crippen LogP contribution in [0.15, 0.2) is 16.8 Å². The fraction of sp³-hybridized carbons (Fsp3) is 0.750. The van der Waals surface area contributed by atoms with E-state index in [1.165, 1.54) is 31.2 Å². The molecule has 2 unspecified atom stereocenters. The van der Waals surface area contributed by atoms with Gasteiger partial charge in [0.25, 0.3) is 0 Å². The maximum Gasteiger partial charge on any atom is 0.0334 e.